The third-order valence-corrected chi connectivity index (χ3v) is 10.9. The predicted molar refractivity (Wildman–Crippen MR) is 165 cm³/mol. The highest BCUT2D eigenvalue weighted by Gasteiger charge is 2.79. The van der Waals surface area contributed by atoms with Crippen molar-refractivity contribution in [2.45, 2.75) is 75.5 Å². The molecule has 6 rings (SSSR count). The van der Waals surface area contributed by atoms with Gasteiger partial charge in [0.05, 0.1) is 0 Å². The average molecular weight is 659 g/mol. The van der Waals surface area contributed by atoms with Gasteiger partial charge in [0.1, 0.15) is 11.4 Å². The minimum absolute atomic E-state index is 0.0265. The molecule has 1 unspecified atom stereocenters. The van der Waals surface area contributed by atoms with Crippen molar-refractivity contribution < 1.29 is 41.0 Å². The van der Waals surface area contributed by atoms with Crippen molar-refractivity contribution >= 4 is 23.6 Å². The molecule has 2 aromatic rings. The Hall–Kier alpha value is -3.86. The molecule has 3 N–H and O–H groups in total. The second-order valence-electron chi connectivity index (χ2n) is 13.4. The normalized spacial score (nSPS) is 29.2. The summed E-state index contributed by atoms with van der Waals surface area (Å²) < 4.78 is 84.8. The highest BCUT2D eigenvalue weighted by molar-refractivity contribution is 5.93. The summed E-state index contributed by atoms with van der Waals surface area (Å²) in [5.41, 5.74) is -0.0685. The maximum atomic E-state index is 15.2. The number of anilines is 1. The van der Waals surface area contributed by atoms with Crippen LogP contribution in [0.1, 0.15) is 68.9 Å². The Morgan fingerprint density at radius 2 is 1.70 bits per heavy atom. The van der Waals surface area contributed by atoms with Crippen LogP contribution in [0.5, 0.6) is 0 Å². The molecule has 4 aliphatic carbocycles. The zero-order chi connectivity index (χ0) is 33.8. The molecule has 2 saturated carbocycles. The number of carbonyl (C=O) groups excluding carboxylic acids is 2. The minimum atomic E-state index is -5.90. The topological polar surface area (TPSA) is 78.4 Å². The van der Waals surface area contributed by atoms with Crippen molar-refractivity contribution in [1.29, 1.82) is 0 Å². The molecule has 250 valence electrons. The summed E-state index contributed by atoms with van der Waals surface area (Å²) in [6.45, 7) is 1.60. The molecule has 0 saturated heterocycles. The number of hydrogen-bond acceptors (Lipinski definition) is 3. The van der Waals surface area contributed by atoms with Gasteiger partial charge in [-0.1, -0.05) is 48.9 Å². The van der Waals surface area contributed by atoms with E-state index in [-0.39, 0.29) is 31.1 Å². The first-order chi connectivity index (χ1) is 22.1. The molecule has 5 atom stereocenters. The third kappa shape index (κ3) is 5.70. The molecule has 0 aromatic heterocycles. The van der Waals surface area contributed by atoms with Crippen molar-refractivity contribution in [2.24, 2.45) is 17.3 Å². The van der Waals surface area contributed by atoms with Crippen molar-refractivity contribution in [1.82, 2.24) is 5.32 Å². The summed E-state index contributed by atoms with van der Waals surface area (Å²) in [4.78, 5) is 24.4. The second-order valence-corrected chi connectivity index (χ2v) is 13.4. The number of rotatable bonds is 6. The Bertz CT molecular complexity index is 1650. The van der Waals surface area contributed by atoms with Gasteiger partial charge in [-0.3, -0.25) is 4.79 Å². The molecule has 0 bridgehead atoms. The number of ketones is 1. The number of benzene rings is 2. The van der Waals surface area contributed by atoms with Crippen LogP contribution in [-0.4, -0.2) is 41.2 Å². The molecule has 4 aliphatic rings. The van der Waals surface area contributed by atoms with E-state index in [1.807, 2.05) is 24.3 Å². The Labute approximate surface area is 268 Å². The zero-order valence-electron chi connectivity index (χ0n) is 25.8. The lowest BCUT2D eigenvalue weighted by atomic mass is 9.50. The van der Waals surface area contributed by atoms with Crippen LogP contribution < -0.4 is 10.6 Å². The van der Waals surface area contributed by atoms with Crippen LogP contribution in [0.2, 0.25) is 0 Å². The minimum Gasteiger partial charge on any atom is -0.383 e. The highest BCUT2D eigenvalue weighted by atomic mass is 19.4. The fraction of sp³-hybridized carbons (Fsp3) is 0.444. The van der Waals surface area contributed by atoms with Gasteiger partial charge in [-0.15, -0.1) is 0 Å². The number of amides is 2. The molecule has 0 spiro atoms. The molecule has 5 nitrogen and oxygen atoms in total. The lowest BCUT2D eigenvalue weighted by Crippen LogP contribution is -2.65. The Kier molecular flexibility index (Phi) is 8.43. The molecule has 0 aliphatic heterocycles. The summed E-state index contributed by atoms with van der Waals surface area (Å²) in [6, 6.07) is 12.1. The van der Waals surface area contributed by atoms with E-state index in [0.717, 1.165) is 27.8 Å². The smallest absolute Gasteiger partial charge is 0.383 e. The van der Waals surface area contributed by atoms with E-state index < -0.39 is 53.2 Å². The molecular weight excluding hydrogens is 622 g/mol. The molecule has 0 radical (unpaired) electrons. The molecule has 0 heterocycles. The van der Waals surface area contributed by atoms with Crippen LogP contribution in [0.3, 0.4) is 0 Å². The van der Waals surface area contributed by atoms with Crippen molar-refractivity contribution in [3.8, 4) is 0 Å². The van der Waals surface area contributed by atoms with Gasteiger partial charge >= 0.3 is 18.1 Å². The van der Waals surface area contributed by atoms with Gasteiger partial charge in [0.25, 0.3) is 0 Å². The Morgan fingerprint density at radius 1 is 1.00 bits per heavy atom. The van der Waals surface area contributed by atoms with Crippen LogP contribution in [0.25, 0.3) is 6.08 Å². The average Bonchev–Trinajstić information content (AvgIpc) is 3.31. The fourth-order valence-corrected chi connectivity index (χ4v) is 8.61. The summed E-state index contributed by atoms with van der Waals surface area (Å²) >= 11 is 0. The Balaban J connectivity index is 1.26. The number of allylic oxidation sites excluding steroid dienone is 4. The number of halogens is 6. The van der Waals surface area contributed by atoms with Gasteiger partial charge < -0.3 is 15.7 Å². The van der Waals surface area contributed by atoms with Crippen LogP contribution in [0.15, 0.2) is 77.4 Å². The number of carbonyl (C=O) groups is 2. The summed E-state index contributed by atoms with van der Waals surface area (Å²) in [5, 5.41) is 16.7. The number of alkyl halides is 5. The summed E-state index contributed by atoms with van der Waals surface area (Å²) in [7, 11) is 0. The Morgan fingerprint density at radius 3 is 2.38 bits per heavy atom. The van der Waals surface area contributed by atoms with Gasteiger partial charge in [0.15, 0.2) is 5.78 Å². The van der Waals surface area contributed by atoms with E-state index in [2.05, 4.69) is 10.6 Å². The highest BCUT2D eigenvalue weighted by Crippen LogP contribution is 2.70. The van der Waals surface area contributed by atoms with Crippen molar-refractivity contribution in [3.63, 3.8) is 0 Å². The maximum absolute atomic E-state index is 15.2. The van der Waals surface area contributed by atoms with Crippen LogP contribution in [0, 0.1) is 23.1 Å². The number of fused-ring (bicyclic) bond motifs is 4. The van der Waals surface area contributed by atoms with Gasteiger partial charge in [0.2, 0.25) is 0 Å². The van der Waals surface area contributed by atoms with Crippen LogP contribution in [0.4, 0.5) is 36.8 Å². The number of hydrogen-bond donors (Lipinski definition) is 3. The molecule has 2 amide bonds. The molecule has 2 aromatic carbocycles. The predicted octanol–water partition coefficient (Wildman–Crippen LogP) is 8.49. The van der Waals surface area contributed by atoms with Gasteiger partial charge in [0, 0.05) is 30.0 Å². The summed E-state index contributed by atoms with van der Waals surface area (Å²) in [6.07, 6.45) is 0.466. The molecule has 47 heavy (non-hydrogen) atoms. The molecule has 11 heteroatoms. The SMILES string of the molecule is C[C@]12C[C@H](c3ccc(C=CCNC(=O)Nc4ccc(F)cc4)cc3)C3=C4CCC(=O)C=C4CC[C@H]3C1CC[C@@]2(O)C(F)(F)C(F)(F)F. The third-order valence-electron chi connectivity index (χ3n) is 10.9. The van der Waals surface area contributed by atoms with Crippen LogP contribution in [-0.2, 0) is 4.79 Å². The van der Waals surface area contributed by atoms with E-state index in [1.54, 1.807) is 18.2 Å². The maximum Gasteiger partial charge on any atom is 0.456 e. The van der Waals surface area contributed by atoms with Crippen molar-refractivity contribution in [3.05, 3.63) is 94.3 Å². The first kappa shape index (κ1) is 33.1. The lowest BCUT2D eigenvalue weighted by molar-refractivity contribution is -0.362. The fourth-order valence-electron chi connectivity index (χ4n) is 8.61. The second kappa shape index (κ2) is 12.0. The van der Waals surface area contributed by atoms with E-state index in [4.69, 9.17) is 0 Å². The first-order valence-electron chi connectivity index (χ1n) is 15.9. The summed E-state index contributed by atoms with van der Waals surface area (Å²) in [5.74, 6) is -7.04. The molecule has 2 fully saturated rings. The van der Waals surface area contributed by atoms with Crippen molar-refractivity contribution in [2.75, 3.05) is 11.9 Å². The standard InChI is InChI=1S/C36H36F6N2O3/c1-33-20-29(22-6-4-21(5-7-22)3-2-18-43-32(46)44-25-11-9-24(37)10-12-25)31-27-15-13-26(45)19-23(27)8-14-28(31)30(33)16-17-34(33,47)35(38,39)36(40,41)42/h2-7,9-12,19,28-30,47H,8,13-18,20H2,1H3,(H2,43,44,46)/t28-,29+,30?,33-,34-/m0/s1. The van der Waals surface area contributed by atoms with E-state index in [9.17, 15) is 32.3 Å². The van der Waals surface area contributed by atoms with Gasteiger partial charge in [-0.05, 0) is 103 Å². The zero-order valence-corrected chi connectivity index (χ0v) is 25.8. The quantitative estimate of drug-likeness (QED) is 0.273. The number of aliphatic hydroxyl groups is 1. The lowest BCUT2D eigenvalue weighted by Gasteiger charge is -2.56. The van der Waals surface area contributed by atoms with Crippen LogP contribution >= 0.6 is 0 Å². The van der Waals surface area contributed by atoms with E-state index >= 15 is 8.78 Å². The van der Waals surface area contributed by atoms with E-state index in [1.165, 1.54) is 31.2 Å². The number of nitrogens with one attached hydrogen (secondary N) is 2. The largest absolute Gasteiger partial charge is 0.456 e. The first-order valence-corrected chi connectivity index (χ1v) is 15.9. The monoisotopic (exact) mass is 658 g/mol. The molecular formula is C36H36F6N2O3. The number of urea groups is 1. The van der Waals surface area contributed by atoms with Gasteiger partial charge in [-0.25, -0.2) is 9.18 Å². The van der Waals surface area contributed by atoms with Gasteiger partial charge in [-0.2, -0.15) is 22.0 Å². The van der Waals surface area contributed by atoms with E-state index in [0.29, 0.717) is 31.4 Å².